The van der Waals surface area contributed by atoms with Crippen LogP contribution in [-0.2, 0) is 8.95 Å². The molecule has 0 spiro atoms. The topological polar surface area (TPSA) is 77.2 Å². The zero-order valence-electron chi connectivity index (χ0n) is 22.4. The Morgan fingerprint density at radius 3 is 2.11 bits per heavy atom. The van der Waals surface area contributed by atoms with Crippen LogP contribution >= 0.6 is 7.43 Å². The Balaban J connectivity index is 2.39. The van der Waals surface area contributed by atoms with Crippen molar-refractivity contribution in [3.63, 3.8) is 0 Å². The van der Waals surface area contributed by atoms with E-state index >= 15 is 0 Å². The first-order valence-corrected chi connectivity index (χ1v) is 20.8. The maximum absolute atomic E-state index is 12.2. The molecule has 1 unspecified atom stereocenters. The molecule has 10 heteroatoms. The van der Waals surface area contributed by atoms with E-state index in [1.165, 1.54) is 0 Å². The lowest BCUT2D eigenvalue weighted by Crippen LogP contribution is -2.37. The molecule has 0 bridgehead atoms. The zero-order chi connectivity index (χ0) is 26.2. The molecule has 4 atom stereocenters. The first-order chi connectivity index (χ1) is 16.2. The largest absolute Gasteiger partial charge is 0.402 e. The predicted molar refractivity (Wildman–Crippen MR) is 150 cm³/mol. The summed E-state index contributed by atoms with van der Waals surface area (Å²) in [7, 11) is -7.15. The second-order valence-corrected chi connectivity index (χ2v) is 23.3. The molecule has 1 heterocycles. The maximum atomic E-state index is 12.2. The summed E-state index contributed by atoms with van der Waals surface area (Å²) in [6.45, 7) is 19.4. The van der Waals surface area contributed by atoms with Crippen molar-refractivity contribution < 1.29 is 13.9 Å². The molecule has 0 saturated carbocycles. The highest BCUT2D eigenvalue weighted by Crippen LogP contribution is 2.75. The third kappa shape index (κ3) is 6.21. The second-order valence-electron chi connectivity index (χ2n) is 11.4. The van der Waals surface area contributed by atoms with Gasteiger partial charge < -0.3 is 13.4 Å². The van der Waals surface area contributed by atoms with Gasteiger partial charge >= 0.3 is 0 Å². The van der Waals surface area contributed by atoms with Gasteiger partial charge in [0, 0.05) is 18.2 Å². The van der Waals surface area contributed by atoms with Gasteiger partial charge in [0.2, 0.25) is 0 Å². The highest BCUT2D eigenvalue weighted by molar-refractivity contribution is 7.60. The number of hydrogen-bond acceptors (Lipinski definition) is 5. The number of nitro benzene ring substituents is 1. The molecule has 1 aliphatic rings. The Bertz CT molecular complexity index is 1100. The fraction of sp³-hybridized carbons (Fsp3) is 0.520. The van der Waals surface area contributed by atoms with Gasteiger partial charge in [0.1, 0.15) is 11.9 Å². The number of rotatable bonds is 8. The Morgan fingerprint density at radius 1 is 1.03 bits per heavy atom. The molecule has 0 N–H and O–H groups in total. The Kier molecular flexibility index (Phi) is 8.31. The molecule has 1 saturated heterocycles. The molecule has 0 amide bonds. The van der Waals surface area contributed by atoms with Crippen molar-refractivity contribution in [2.75, 3.05) is 0 Å². The summed E-state index contributed by atoms with van der Waals surface area (Å²) in [5, 5.41) is 12.2. The van der Waals surface area contributed by atoms with Gasteiger partial charge in [-0.15, -0.1) is 0 Å². The van der Waals surface area contributed by atoms with Crippen LogP contribution in [0.1, 0.15) is 43.8 Å². The van der Waals surface area contributed by atoms with Crippen LogP contribution in [0.5, 0.6) is 0 Å². The summed E-state index contributed by atoms with van der Waals surface area (Å²) < 4.78 is 22.0. The number of nitrogens with zero attached hydrogens (tertiary/aromatic N) is 3. The lowest BCUT2D eigenvalue weighted by Gasteiger charge is -2.42. The molecule has 192 valence electrons. The van der Waals surface area contributed by atoms with Gasteiger partial charge in [0.15, 0.2) is 24.0 Å². The molecule has 7 nitrogen and oxygen atoms in total. The van der Waals surface area contributed by atoms with Crippen molar-refractivity contribution in [1.29, 1.82) is 0 Å². The number of para-hydroxylation sites is 1. The number of hydrogen-bond donors (Lipinski definition) is 0. The molecule has 1 fully saturated rings. The Hall–Kier alpha value is -1.62. The van der Waals surface area contributed by atoms with Crippen molar-refractivity contribution in [3.05, 3.63) is 75.8 Å². The van der Waals surface area contributed by atoms with Crippen LogP contribution in [-0.4, -0.2) is 38.2 Å². The quantitative estimate of drug-likeness (QED) is 0.148. The SMILES string of the molecule is CC(C)N1[C@@H](C)[C@@H](c2ccccc2)OP1(=N[Si](C)(C)C)[C@@H](O[Si](C)(C)C)c1ccccc1[N+](=O)[O-]. The lowest BCUT2D eigenvalue weighted by atomic mass is 10.0. The van der Waals surface area contributed by atoms with E-state index in [1.54, 1.807) is 12.1 Å². The van der Waals surface area contributed by atoms with Crippen molar-refractivity contribution >= 4 is 29.7 Å². The van der Waals surface area contributed by atoms with E-state index in [-0.39, 0.29) is 28.8 Å². The first kappa shape index (κ1) is 28.0. The van der Waals surface area contributed by atoms with Crippen molar-refractivity contribution in [2.45, 2.75) is 84.1 Å². The second kappa shape index (κ2) is 10.4. The summed E-state index contributed by atoms with van der Waals surface area (Å²) >= 11 is 0. The lowest BCUT2D eigenvalue weighted by molar-refractivity contribution is -0.385. The van der Waals surface area contributed by atoms with Gasteiger partial charge in [-0.3, -0.25) is 10.1 Å². The standard InChI is InChI=1S/C25H40N3O4PSi2/c1-19(2)27-20(3)24(21-15-11-10-12-16-21)31-33(27,26-34(4,5)6)25(32-35(7,8)9)22-17-13-14-18-23(22)28(29)30/h10-20,24-25H,1-9H3/t20-,24-,25+,33?/m0/s1. The fourth-order valence-electron chi connectivity index (χ4n) is 4.74. The maximum Gasteiger partial charge on any atom is 0.275 e. The minimum Gasteiger partial charge on any atom is -0.402 e. The zero-order valence-corrected chi connectivity index (χ0v) is 25.3. The third-order valence-corrected chi connectivity index (χ3v) is 13.4. The molecular formula is C25H40N3O4PSi2. The van der Waals surface area contributed by atoms with Crippen LogP contribution in [0, 0.1) is 10.1 Å². The summed E-state index contributed by atoms with van der Waals surface area (Å²) in [6, 6.07) is 17.3. The van der Waals surface area contributed by atoms with Gasteiger partial charge in [-0.05, 0) is 71.7 Å². The van der Waals surface area contributed by atoms with Crippen LogP contribution in [0.25, 0.3) is 0 Å². The van der Waals surface area contributed by atoms with E-state index in [0.717, 1.165) is 5.56 Å². The van der Waals surface area contributed by atoms with Crippen LogP contribution in [0.15, 0.2) is 59.0 Å². The predicted octanol–water partition coefficient (Wildman–Crippen LogP) is 8.18. The minimum atomic E-state index is -2.88. The smallest absolute Gasteiger partial charge is 0.275 e. The van der Waals surface area contributed by atoms with Gasteiger partial charge in [-0.1, -0.05) is 42.5 Å². The van der Waals surface area contributed by atoms with Gasteiger partial charge in [0.05, 0.1) is 10.5 Å². The molecular weight excluding hydrogens is 493 g/mol. The molecule has 2 aromatic carbocycles. The molecule has 2 aromatic rings. The van der Waals surface area contributed by atoms with Crippen LogP contribution in [0.2, 0.25) is 39.3 Å². The molecule has 0 aromatic heterocycles. The van der Waals surface area contributed by atoms with Crippen molar-refractivity contribution in [3.8, 4) is 0 Å². The number of benzene rings is 2. The molecule has 3 rings (SSSR count). The molecule has 0 aliphatic carbocycles. The van der Waals surface area contributed by atoms with Gasteiger partial charge in [0.25, 0.3) is 5.69 Å². The van der Waals surface area contributed by atoms with E-state index in [9.17, 15) is 10.1 Å². The van der Waals surface area contributed by atoms with E-state index in [2.05, 4.69) is 76.9 Å². The normalized spacial score (nSPS) is 24.5. The summed E-state index contributed by atoms with van der Waals surface area (Å²) in [4.78, 5) is 11.8. The van der Waals surface area contributed by atoms with Crippen molar-refractivity contribution in [2.24, 2.45) is 4.41 Å². The average molecular weight is 534 g/mol. The Morgan fingerprint density at radius 2 is 1.60 bits per heavy atom. The Labute approximate surface area is 212 Å². The fourth-order valence-corrected chi connectivity index (χ4v) is 14.5. The summed E-state index contributed by atoms with van der Waals surface area (Å²) in [5.41, 5.74) is 1.71. The van der Waals surface area contributed by atoms with E-state index in [4.69, 9.17) is 13.4 Å². The van der Waals surface area contributed by atoms with Crippen LogP contribution < -0.4 is 0 Å². The average Bonchev–Trinajstić information content (AvgIpc) is 3.03. The monoisotopic (exact) mass is 533 g/mol. The summed E-state index contributed by atoms with van der Waals surface area (Å²) in [5.74, 6) is -0.638. The minimum absolute atomic E-state index is 0.0290. The van der Waals surface area contributed by atoms with E-state index < -0.39 is 29.8 Å². The van der Waals surface area contributed by atoms with E-state index in [0.29, 0.717) is 5.56 Å². The molecule has 0 radical (unpaired) electrons. The first-order valence-electron chi connectivity index (χ1n) is 12.2. The summed E-state index contributed by atoms with van der Waals surface area (Å²) in [6.07, 6.45) is -0.206. The van der Waals surface area contributed by atoms with Gasteiger partial charge in [-0.2, -0.15) is 0 Å². The molecule has 35 heavy (non-hydrogen) atoms. The van der Waals surface area contributed by atoms with Gasteiger partial charge in [-0.25, -0.2) is 4.67 Å². The highest BCUT2D eigenvalue weighted by atomic mass is 31.2. The number of nitro groups is 1. The van der Waals surface area contributed by atoms with Crippen molar-refractivity contribution in [1.82, 2.24) is 4.67 Å². The highest BCUT2D eigenvalue weighted by Gasteiger charge is 2.55. The van der Waals surface area contributed by atoms with Crippen LogP contribution in [0.4, 0.5) is 5.69 Å². The van der Waals surface area contributed by atoms with E-state index in [1.807, 2.05) is 30.3 Å². The van der Waals surface area contributed by atoms with Crippen LogP contribution in [0.3, 0.4) is 0 Å². The molecule has 1 aliphatic heterocycles. The third-order valence-electron chi connectivity index (χ3n) is 5.73.